The monoisotopic (exact) mass is 297 g/mol. The van der Waals surface area contributed by atoms with Crippen molar-refractivity contribution in [2.24, 2.45) is 0 Å². The van der Waals surface area contributed by atoms with Crippen molar-refractivity contribution < 1.29 is 14.6 Å². The van der Waals surface area contributed by atoms with Gasteiger partial charge in [-0.15, -0.1) is 0 Å². The molecule has 1 saturated carbocycles. The molecule has 0 aliphatic heterocycles. The van der Waals surface area contributed by atoms with Gasteiger partial charge in [0.05, 0.1) is 5.60 Å². The smallest absolute Gasteiger partial charge is 0.407 e. The lowest BCUT2D eigenvalue weighted by atomic mass is 9.71. The van der Waals surface area contributed by atoms with Crippen LogP contribution in [0.1, 0.15) is 39.2 Å². The van der Waals surface area contributed by atoms with E-state index in [2.05, 4.69) is 5.32 Å². The Balaban J connectivity index is 1.89. The lowest BCUT2D eigenvalue weighted by Gasteiger charge is -2.44. The minimum Gasteiger partial charge on any atom is -0.444 e. The second-order valence-corrected chi connectivity index (χ2v) is 6.73. The summed E-state index contributed by atoms with van der Waals surface area (Å²) in [5.41, 5.74) is -0.644. The molecule has 0 heterocycles. The number of aliphatic hydroxyl groups is 1. The summed E-state index contributed by atoms with van der Waals surface area (Å²) in [5.74, 6) is 0. The lowest BCUT2D eigenvalue weighted by molar-refractivity contribution is -0.0627. The van der Waals surface area contributed by atoms with Crippen molar-refractivity contribution in [3.63, 3.8) is 0 Å². The molecule has 5 heteroatoms. The average Bonchev–Trinajstić information content (AvgIpc) is 2.24. The number of halogens is 1. The van der Waals surface area contributed by atoms with Gasteiger partial charge in [-0.2, -0.15) is 0 Å². The van der Waals surface area contributed by atoms with E-state index in [0.29, 0.717) is 17.9 Å². The number of carbonyl (C=O) groups is 1. The molecule has 0 aromatic heterocycles. The third-order valence-corrected chi connectivity index (χ3v) is 3.49. The van der Waals surface area contributed by atoms with Crippen molar-refractivity contribution in [1.29, 1.82) is 0 Å². The molecule has 0 radical (unpaired) electrons. The summed E-state index contributed by atoms with van der Waals surface area (Å²) in [6.07, 6.45) is 0.481. The van der Waals surface area contributed by atoms with E-state index in [0.717, 1.165) is 5.56 Å². The molecule has 2 rings (SSSR count). The minimum atomic E-state index is -0.912. The second kappa shape index (κ2) is 5.26. The molecule has 1 aliphatic rings. The summed E-state index contributed by atoms with van der Waals surface area (Å²) in [5, 5.41) is 13.8. The Kier molecular flexibility index (Phi) is 3.98. The molecule has 1 fully saturated rings. The van der Waals surface area contributed by atoms with E-state index < -0.39 is 17.3 Å². The number of benzene rings is 1. The number of hydrogen-bond acceptors (Lipinski definition) is 3. The molecule has 0 atom stereocenters. The number of hydrogen-bond donors (Lipinski definition) is 2. The maximum absolute atomic E-state index is 11.6. The molecule has 1 aromatic carbocycles. The summed E-state index contributed by atoms with van der Waals surface area (Å²) in [6.45, 7) is 5.45. The van der Waals surface area contributed by atoms with Crippen LogP contribution in [0.4, 0.5) is 4.79 Å². The first-order valence-corrected chi connectivity index (χ1v) is 7.04. The van der Waals surface area contributed by atoms with Gasteiger partial charge in [0.2, 0.25) is 0 Å². The van der Waals surface area contributed by atoms with Gasteiger partial charge in [0.1, 0.15) is 5.60 Å². The van der Waals surface area contributed by atoms with Gasteiger partial charge in [0.15, 0.2) is 0 Å². The van der Waals surface area contributed by atoms with Crippen molar-refractivity contribution >= 4 is 17.7 Å². The zero-order valence-electron chi connectivity index (χ0n) is 11.9. The number of amides is 1. The van der Waals surface area contributed by atoms with Gasteiger partial charge in [0.25, 0.3) is 0 Å². The van der Waals surface area contributed by atoms with E-state index in [1.54, 1.807) is 12.1 Å². The Morgan fingerprint density at radius 2 is 2.10 bits per heavy atom. The molecule has 0 saturated heterocycles. The van der Waals surface area contributed by atoms with Crippen molar-refractivity contribution in [2.75, 3.05) is 0 Å². The molecule has 20 heavy (non-hydrogen) atoms. The number of carbonyl (C=O) groups excluding carboxylic acids is 1. The topological polar surface area (TPSA) is 58.6 Å². The maximum atomic E-state index is 11.6. The normalized spacial score (nSPS) is 25.8. The van der Waals surface area contributed by atoms with E-state index in [1.165, 1.54) is 0 Å². The van der Waals surface area contributed by atoms with Crippen LogP contribution < -0.4 is 5.32 Å². The Labute approximate surface area is 124 Å². The van der Waals surface area contributed by atoms with Crippen molar-refractivity contribution in [3.05, 3.63) is 34.9 Å². The first kappa shape index (κ1) is 15.1. The third-order valence-electron chi connectivity index (χ3n) is 3.25. The predicted octanol–water partition coefficient (Wildman–Crippen LogP) is 3.21. The fourth-order valence-corrected chi connectivity index (χ4v) is 2.54. The Bertz CT molecular complexity index is 504. The number of rotatable bonds is 2. The fourth-order valence-electron chi connectivity index (χ4n) is 2.35. The highest BCUT2D eigenvalue weighted by Crippen LogP contribution is 2.42. The first-order chi connectivity index (χ1) is 9.18. The van der Waals surface area contributed by atoms with Gasteiger partial charge in [-0.3, -0.25) is 0 Å². The van der Waals surface area contributed by atoms with Gasteiger partial charge >= 0.3 is 6.09 Å². The Morgan fingerprint density at radius 1 is 1.45 bits per heavy atom. The standard InChI is InChI=1S/C15H20ClNO3/c1-14(2,3)20-13(18)17-12-8-15(19,9-12)10-5-4-6-11(16)7-10/h4-7,12,19H,8-9H2,1-3H3,(H,17,18). The van der Waals surface area contributed by atoms with Crippen molar-refractivity contribution in [1.82, 2.24) is 5.32 Å². The third kappa shape index (κ3) is 3.64. The largest absolute Gasteiger partial charge is 0.444 e. The van der Waals surface area contributed by atoms with Crippen LogP contribution in [0.15, 0.2) is 24.3 Å². The number of ether oxygens (including phenoxy) is 1. The maximum Gasteiger partial charge on any atom is 0.407 e. The van der Waals surface area contributed by atoms with E-state index in [-0.39, 0.29) is 6.04 Å². The number of nitrogens with one attached hydrogen (secondary N) is 1. The highest BCUT2D eigenvalue weighted by molar-refractivity contribution is 6.30. The first-order valence-electron chi connectivity index (χ1n) is 6.66. The summed E-state index contributed by atoms with van der Waals surface area (Å²) < 4.78 is 5.18. The predicted molar refractivity (Wildman–Crippen MR) is 77.7 cm³/mol. The summed E-state index contributed by atoms with van der Waals surface area (Å²) in [6, 6.07) is 7.10. The van der Waals surface area contributed by atoms with Gasteiger partial charge in [-0.05, 0) is 38.5 Å². The van der Waals surface area contributed by atoms with Crippen LogP contribution in [0.2, 0.25) is 5.02 Å². The molecule has 1 amide bonds. The molecule has 1 aliphatic carbocycles. The summed E-state index contributed by atoms with van der Waals surface area (Å²) in [7, 11) is 0. The molecular weight excluding hydrogens is 278 g/mol. The van der Waals surface area contributed by atoms with Crippen LogP contribution in [-0.2, 0) is 10.3 Å². The quantitative estimate of drug-likeness (QED) is 0.881. The lowest BCUT2D eigenvalue weighted by Crippen LogP contribution is -2.53. The van der Waals surface area contributed by atoms with E-state index >= 15 is 0 Å². The van der Waals surface area contributed by atoms with Crippen LogP contribution >= 0.6 is 11.6 Å². The van der Waals surface area contributed by atoms with Gasteiger partial charge in [-0.25, -0.2) is 4.79 Å². The summed E-state index contributed by atoms with van der Waals surface area (Å²) in [4.78, 5) is 11.6. The van der Waals surface area contributed by atoms with Crippen molar-refractivity contribution in [3.8, 4) is 0 Å². The highest BCUT2D eigenvalue weighted by atomic mass is 35.5. The van der Waals surface area contributed by atoms with Crippen LogP contribution in [0.25, 0.3) is 0 Å². The number of alkyl carbamates (subject to hydrolysis) is 1. The van der Waals surface area contributed by atoms with Crippen LogP contribution in [-0.4, -0.2) is 22.8 Å². The summed E-state index contributed by atoms with van der Waals surface area (Å²) >= 11 is 5.92. The molecule has 0 unspecified atom stereocenters. The Hall–Kier alpha value is -1.26. The SMILES string of the molecule is CC(C)(C)OC(=O)NC1CC(O)(c2cccc(Cl)c2)C1. The van der Waals surface area contributed by atoms with E-state index in [4.69, 9.17) is 16.3 Å². The molecule has 4 nitrogen and oxygen atoms in total. The van der Waals surface area contributed by atoms with Gasteiger partial charge in [0, 0.05) is 23.9 Å². The molecule has 110 valence electrons. The molecule has 2 N–H and O–H groups in total. The molecule has 0 spiro atoms. The highest BCUT2D eigenvalue weighted by Gasteiger charge is 2.45. The van der Waals surface area contributed by atoms with Crippen LogP contribution in [0.5, 0.6) is 0 Å². The average molecular weight is 298 g/mol. The van der Waals surface area contributed by atoms with Crippen LogP contribution in [0.3, 0.4) is 0 Å². The van der Waals surface area contributed by atoms with E-state index in [9.17, 15) is 9.90 Å². The van der Waals surface area contributed by atoms with Crippen LogP contribution in [0, 0.1) is 0 Å². The minimum absolute atomic E-state index is 0.0752. The Morgan fingerprint density at radius 3 is 2.65 bits per heavy atom. The zero-order chi connectivity index (χ0) is 15.0. The van der Waals surface area contributed by atoms with Crippen molar-refractivity contribution in [2.45, 2.75) is 50.9 Å². The zero-order valence-corrected chi connectivity index (χ0v) is 12.7. The second-order valence-electron chi connectivity index (χ2n) is 6.29. The fraction of sp³-hybridized carbons (Fsp3) is 0.533. The van der Waals surface area contributed by atoms with E-state index in [1.807, 2.05) is 32.9 Å². The van der Waals surface area contributed by atoms with Gasteiger partial charge in [-0.1, -0.05) is 23.7 Å². The molecular formula is C15H20ClNO3. The van der Waals surface area contributed by atoms with Gasteiger partial charge < -0.3 is 15.2 Å². The molecule has 1 aromatic rings. The molecule has 0 bridgehead atoms.